The minimum Gasteiger partial charge on any atom is -0.496 e. The Hall–Kier alpha value is -1.66. The average molecular weight is 295 g/mol. The number of benzene rings is 1. The van der Waals surface area contributed by atoms with Crippen molar-refractivity contribution >= 4 is 5.91 Å². The summed E-state index contributed by atoms with van der Waals surface area (Å²) in [6, 6.07) is 4.70. The summed E-state index contributed by atoms with van der Waals surface area (Å²) < 4.78 is 18.7. The van der Waals surface area contributed by atoms with E-state index in [1.54, 1.807) is 13.2 Å². The van der Waals surface area contributed by atoms with Crippen LogP contribution in [0.2, 0.25) is 0 Å². The second-order valence-corrected chi connectivity index (χ2v) is 5.31. The molecule has 0 saturated carbocycles. The van der Waals surface area contributed by atoms with Gasteiger partial charge < -0.3 is 15.8 Å². The van der Waals surface area contributed by atoms with Crippen molar-refractivity contribution in [1.82, 2.24) is 10.2 Å². The number of hydrogen-bond donors (Lipinski definition) is 2. The quantitative estimate of drug-likeness (QED) is 0.817. The molecule has 116 valence electrons. The Balaban J connectivity index is 2.17. The van der Waals surface area contributed by atoms with E-state index in [-0.39, 0.29) is 24.3 Å². The number of nitrogens with zero attached hydrogens (tertiary/aromatic N) is 1. The lowest BCUT2D eigenvalue weighted by molar-refractivity contribution is -0.120. The maximum atomic E-state index is 13.5. The molecule has 1 amide bonds. The van der Waals surface area contributed by atoms with Crippen molar-refractivity contribution in [3.05, 3.63) is 29.6 Å². The van der Waals surface area contributed by atoms with Crippen molar-refractivity contribution in [2.75, 3.05) is 26.7 Å². The van der Waals surface area contributed by atoms with E-state index in [4.69, 9.17) is 10.5 Å². The molecule has 1 saturated heterocycles. The van der Waals surface area contributed by atoms with Gasteiger partial charge >= 0.3 is 0 Å². The number of nitrogens with two attached hydrogens (primary N) is 1. The Morgan fingerprint density at radius 3 is 2.81 bits per heavy atom. The molecule has 0 spiro atoms. The first-order chi connectivity index (χ1) is 10.1. The van der Waals surface area contributed by atoms with Gasteiger partial charge in [-0.25, -0.2) is 4.39 Å². The van der Waals surface area contributed by atoms with E-state index in [0.29, 0.717) is 12.3 Å². The predicted molar refractivity (Wildman–Crippen MR) is 78.4 cm³/mol. The van der Waals surface area contributed by atoms with E-state index in [2.05, 4.69) is 5.32 Å². The Labute approximate surface area is 124 Å². The molecule has 1 aliphatic heterocycles. The number of primary amides is 1. The van der Waals surface area contributed by atoms with Crippen LogP contribution in [0.1, 0.15) is 18.4 Å². The van der Waals surface area contributed by atoms with Crippen molar-refractivity contribution in [3.8, 4) is 5.75 Å². The number of halogens is 1. The van der Waals surface area contributed by atoms with Crippen molar-refractivity contribution in [3.63, 3.8) is 0 Å². The molecule has 2 rings (SSSR count). The predicted octanol–water partition coefficient (Wildman–Crippen LogP) is 0.874. The Bertz CT molecular complexity index is 490. The van der Waals surface area contributed by atoms with Gasteiger partial charge in [0.2, 0.25) is 5.91 Å². The molecule has 1 aromatic rings. The van der Waals surface area contributed by atoms with Gasteiger partial charge in [0.05, 0.1) is 13.7 Å². The lowest BCUT2D eigenvalue weighted by Crippen LogP contribution is -2.46. The lowest BCUT2D eigenvalue weighted by Gasteiger charge is -2.34. The van der Waals surface area contributed by atoms with Crippen molar-refractivity contribution in [1.29, 1.82) is 0 Å². The number of carbonyl (C=O) groups excluding carboxylic acids is 1. The molecule has 6 heteroatoms. The summed E-state index contributed by atoms with van der Waals surface area (Å²) in [5.41, 5.74) is 6.09. The number of amides is 1. The minimum atomic E-state index is -0.371. The number of ether oxygens (including phenoxy) is 1. The number of piperidine rings is 1. The number of rotatable bonds is 6. The number of nitrogens with one attached hydrogen (secondary N) is 1. The second-order valence-electron chi connectivity index (χ2n) is 5.31. The summed E-state index contributed by atoms with van der Waals surface area (Å²) in [4.78, 5) is 13.3. The maximum absolute atomic E-state index is 13.5. The SMILES string of the molecule is COc1ccc(F)cc1CN(CC(N)=O)C1CCNCC1. The highest BCUT2D eigenvalue weighted by Crippen LogP contribution is 2.23. The van der Waals surface area contributed by atoms with E-state index >= 15 is 0 Å². The first-order valence-corrected chi connectivity index (χ1v) is 7.15. The van der Waals surface area contributed by atoms with E-state index in [1.165, 1.54) is 12.1 Å². The number of methoxy groups -OCH3 is 1. The van der Waals surface area contributed by atoms with Crippen molar-refractivity contribution in [2.24, 2.45) is 5.73 Å². The van der Waals surface area contributed by atoms with Gasteiger partial charge in [0.25, 0.3) is 0 Å². The number of hydrogen-bond acceptors (Lipinski definition) is 4. The highest BCUT2D eigenvalue weighted by Gasteiger charge is 2.23. The van der Waals surface area contributed by atoms with Gasteiger partial charge in [-0.2, -0.15) is 0 Å². The van der Waals surface area contributed by atoms with Gasteiger partial charge in [-0.1, -0.05) is 0 Å². The summed E-state index contributed by atoms with van der Waals surface area (Å²) in [5, 5.41) is 3.29. The Morgan fingerprint density at radius 1 is 1.48 bits per heavy atom. The zero-order valence-electron chi connectivity index (χ0n) is 12.3. The fraction of sp³-hybridized carbons (Fsp3) is 0.533. The molecule has 0 bridgehead atoms. The molecule has 1 heterocycles. The van der Waals surface area contributed by atoms with Crippen LogP contribution < -0.4 is 15.8 Å². The highest BCUT2D eigenvalue weighted by atomic mass is 19.1. The summed E-state index contributed by atoms with van der Waals surface area (Å²) in [5.74, 6) is -0.0566. The van der Waals surface area contributed by atoms with E-state index in [0.717, 1.165) is 31.5 Å². The fourth-order valence-corrected chi connectivity index (χ4v) is 2.78. The van der Waals surface area contributed by atoms with Crippen LogP contribution >= 0.6 is 0 Å². The normalized spacial score (nSPS) is 16.1. The fourth-order valence-electron chi connectivity index (χ4n) is 2.78. The van der Waals surface area contributed by atoms with E-state index < -0.39 is 0 Å². The third kappa shape index (κ3) is 4.41. The molecular formula is C15H22FN3O2. The largest absolute Gasteiger partial charge is 0.496 e. The third-order valence-electron chi connectivity index (χ3n) is 3.80. The van der Waals surface area contributed by atoms with Crippen LogP contribution in [0, 0.1) is 5.82 Å². The molecule has 1 aromatic carbocycles. The Kier molecular flexibility index (Phi) is 5.52. The monoisotopic (exact) mass is 295 g/mol. The summed E-state index contributed by atoms with van der Waals surface area (Å²) in [6.45, 7) is 2.46. The number of carbonyl (C=O) groups is 1. The molecule has 0 unspecified atom stereocenters. The van der Waals surface area contributed by atoms with Crippen LogP contribution in [0.5, 0.6) is 5.75 Å². The molecule has 0 aromatic heterocycles. The molecule has 5 nitrogen and oxygen atoms in total. The van der Waals surface area contributed by atoms with Crippen LogP contribution in [0.25, 0.3) is 0 Å². The van der Waals surface area contributed by atoms with Crippen molar-refractivity contribution < 1.29 is 13.9 Å². The van der Waals surface area contributed by atoms with Crippen LogP contribution in [0.15, 0.2) is 18.2 Å². The van der Waals surface area contributed by atoms with E-state index in [1.807, 2.05) is 4.90 Å². The molecule has 0 radical (unpaired) electrons. The molecular weight excluding hydrogens is 273 g/mol. The zero-order chi connectivity index (χ0) is 15.2. The topological polar surface area (TPSA) is 67.6 Å². The van der Waals surface area contributed by atoms with Crippen LogP contribution in [-0.4, -0.2) is 43.6 Å². The van der Waals surface area contributed by atoms with Crippen molar-refractivity contribution in [2.45, 2.75) is 25.4 Å². The zero-order valence-corrected chi connectivity index (χ0v) is 12.3. The molecule has 21 heavy (non-hydrogen) atoms. The van der Waals surface area contributed by atoms with Crippen LogP contribution in [0.4, 0.5) is 4.39 Å². The standard InChI is InChI=1S/C15H22FN3O2/c1-21-14-3-2-12(16)8-11(14)9-19(10-15(17)20)13-4-6-18-7-5-13/h2-3,8,13,18H,4-7,9-10H2,1H3,(H2,17,20). The van der Waals surface area contributed by atoms with Gasteiger partial charge in [0.1, 0.15) is 11.6 Å². The van der Waals surface area contributed by atoms with Crippen LogP contribution in [0.3, 0.4) is 0 Å². The lowest BCUT2D eigenvalue weighted by atomic mass is 10.0. The molecule has 1 fully saturated rings. The smallest absolute Gasteiger partial charge is 0.231 e. The first-order valence-electron chi connectivity index (χ1n) is 7.15. The minimum absolute atomic E-state index is 0.171. The summed E-state index contributed by atoms with van der Waals surface area (Å²) in [6.07, 6.45) is 1.90. The van der Waals surface area contributed by atoms with Gasteiger partial charge in [-0.15, -0.1) is 0 Å². The second kappa shape index (κ2) is 7.38. The average Bonchev–Trinajstić information content (AvgIpc) is 2.47. The summed E-state index contributed by atoms with van der Waals surface area (Å²) >= 11 is 0. The highest BCUT2D eigenvalue weighted by molar-refractivity contribution is 5.76. The van der Waals surface area contributed by atoms with Gasteiger partial charge in [-0.05, 0) is 44.1 Å². The molecule has 3 N–H and O–H groups in total. The van der Waals surface area contributed by atoms with Gasteiger partial charge in [0.15, 0.2) is 0 Å². The first kappa shape index (κ1) is 15.7. The van der Waals surface area contributed by atoms with Crippen LogP contribution in [-0.2, 0) is 11.3 Å². The Morgan fingerprint density at radius 2 is 2.19 bits per heavy atom. The third-order valence-corrected chi connectivity index (χ3v) is 3.80. The van der Waals surface area contributed by atoms with Gasteiger partial charge in [-0.3, -0.25) is 9.69 Å². The van der Waals surface area contributed by atoms with Gasteiger partial charge in [0, 0.05) is 18.2 Å². The maximum Gasteiger partial charge on any atom is 0.231 e. The molecule has 1 aliphatic rings. The molecule has 0 aliphatic carbocycles. The molecule has 0 atom stereocenters. The van der Waals surface area contributed by atoms with E-state index in [9.17, 15) is 9.18 Å². The summed E-state index contributed by atoms with van der Waals surface area (Å²) in [7, 11) is 1.56.